The quantitative estimate of drug-likeness (QED) is 0.653. The summed E-state index contributed by atoms with van der Waals surface area (Å²) in [5, 5.41) is 0. The van der Waals surface area contributed by atoms with E-state index in [-0.39, 0.29) is 6.23 Å². The molecule has 0 spiro atoms. The van der Waals surface area contributed by atoms with Crippen molar-refractivity contribution in [3.8, 4) is 5.69 Å². The van der Waals surface area contributed by atoms with Gasteiger partial charge in [0.25, 0.3) is 0 Å². The first-order chi connectivity index (χ1) is 12.5. The van der Waals surface area contributed by atoms with Crippen LogP contribution in [0.15, 0.2) is 73.1 Å². The smallest absolute Gasteiger partial charge is 0.352 e. The van der Waals surface area contributed by atoms with Crippen molar-refractivity contribution in [3.63, 3.8) is 0 Å². The van der Waals surface area contributed by atoms with Gasteiger partial charge in [-0.25, -0.2) is 0 Å². The van der Waals surface area contributed by atoms with Crippen molar-refractivity contribution in [1.29, 1.82) is 0 Å². The van der Waals surface area contributed by atoms with E-state index in [2.05, 4.69) is 4.90 Å². The normalized spacial score (nSPS) is 17.7. The summed E-state index contributed by atoms with van der Waals surface area (Å²) in [6, 6.07) is 17.1. The zero-order valence-corrected chi connectivity index (χ0v) is 13.9. The molecule has 1 aliphatic heterocycles. The van der Waals surface area contributed by atoms with Crippen LogP contribution in [-0.4, -0.2) is 17.7 Å². The molecule has 3 aromatic rings. The van der Waals surface area contributed by atoms with Gasteiger partial charge in [-0.1, -0.05) is 18.2 Å². The zero-order valence-electron chi connectivity index (χ0n) is 13.9. The van der Waals surface area contributed by atoms with Crippen molar-refractivity contribution >= 4 is 5.69 Å². The minimum Gasteiger partial charge on any atom is -0.352 e. The molecule has 0 unspecified atom stereocenters. The Morgan fingerprint density at radius 2 is 1.62 bits per heavy atom. The molecule has 0 saturated carbocycles. The van der Waals surface area contributed by atoms with Gasteiger partial charge in [0.15, 0.2) is 6.23 Å². The molecule has 26 heavy (non-hydrogen) atoms. The molecular formula is C20H17F3N2O. The second-order valence-corrected chi connectivity index (χ2v) is 6.15. The largest absolute Gasteiger partial charge is 0.416 e. The number of benzene rings is 2. The third-order valence-electron chi connectivity index (χ3n) is 4.47. The first kappa shape index (κ1) is 16.7. The highest BCUT2D eigenvalue weighted by atomic mass is 19.4. The number of alkyl halides is 3. The second-order valence-electron chi connectivity index (χ2n) is 6.15. The van der Waals surface area contributed by atoms with E-state index in [4.69, 9.17) is 4.74 Å². The van der Waals surface area contributed by atoms with Gasteiger partial charge in [0, 0.05) is 35.9 Å². The second kappa shape index (κ2) is 6.53. The minimum atomic E-state index is -4.33. The highest BCUT2D eigenvalue weighted by Gasteiger charge is 2.30. The van der Waals surface area contributed by atoms with E-state index in [0.29, 0.717) is 12.3 Å². The predicted molar refractivity (Wildman–Crippen MR) is 93.3 cm³/mol. The fourth-order valence-electron chi connectivity index (χ4n) is 3.17. The SMILES string of the molecule is FC(F)(F)c1ccc(-n2ccc([C@H]3OCCN3c3ccccc3)c2)cc1. The van der Waals surface area contributed by atoms with Crippen LogP contribution >= 0.6 is 0 Å². The molecule has 3 nitrogen and oxygen atoms in total. The molecule has 6 heteroatoms. The Morgan fingerprint density at radius 3 is 2.31 bits per heavy atom. The van der Waals surface area contributed by atoms with Crippen molar-refractivity contribution in [2.75, 3.05) is 18.1 Å². The number of ether oxygens (including phenoxy) is 1. The summed E-state index contributed by atoms with van der Waals surface area (Å²) in [5.41, 5.74) is 2.07. The Labute approximate surface area is 149 Å². The molecular weight excluding hydrogens is 341 g/mol. The summed E-state index contributed by atoms with van der Waals surface area (Å²) in [7, 11) is 0. The van der Waals surface area contributed by atoms with E-state index in [1.807, 2.05) is 48.8 Å². The van der Waals surface area contributed by atoms with Gasteiger partial charge in [-0.15, -0.1) is 0 Å². The molecule has 2 heterocycles. The lowest BCUT2D eigenvalue weighted by atomic mass is 10.2. The molecule has 0 amide bonds. The van der Waals surface area contributed by atoms with E-state index in [0.717, 1.165) is 29.9 Å². The molecule has 134 valence electrons. The number of aromatic nitrogens is 1. The van der Waals surface area contributed by atoms with Crippen molar-refractivity contribution in [1.82, 2.24) is 4.57 Å². The van der Waals surface area contributed by atoms with Crippen LogP contribution in [0.4, 0.5) is 18.9 Å². The summed E-state index contributed by atoms with van der Waals surface area (Å²) < 4.78 is 45.8. The summed E-state index contributed by atoms with van der Waals surface area (Å²) in [5.74, 6) is 0. The van der Waals surface area contributed by atoms with E-state index >= 15 is 0 Å². The monoisotopic (exact) mass is 358 g/mol. The van der Waals surface area contributed by atoms with Gasteiger partial charge in [-0.2, -0.15) is 13.2 Å². The summed E-state index contributed by atoms with van der Waals surface area (Å²) in [6.45, 7) is 1.42. The van der Waals surface area contributed by atoms with Gasteiger partial charge in [0.2, 0.25) is 0 Å². The molecule has 1 saturated heterocycles. The fourth-order valence-corrected chi connectivity index (χ4v) is 3.17. The standard InChI is InChI=1S/C20H17F3N2O/c21-20(22,23)16-6-8-17(9-7-16)24-11-10-15(14-24)19-25(12-13-26-19)18-4-2-1-3-5-18/h1-11,14,19H,12-13H2/t19-/m1/s1. The molecule has 0 N–H and O–H groups in total. The molecule has 1 aromatic heterocycles. The Hall–Kier alpha value is -2.73. The van der Waals surface area contributed by atoms with Gasteiger partial charge in [-0.3, -0.25) is 0 Å². The van der Waals surface area contributed by atoms with Gasteiger partial charge in [0.05, 0.1) is 12.2 Å². The first-order valence-corrected chi connectivity index (χ1v) is 8.31. The lowest BCUT2D eigenvalue weighted by molar-refractivity contribution is -0.137. The van der Waals surface area contributed by atoms with E-state index < -0.39 is 11.7 Å². The first-order valence-electron chi connectivity index (χ1n) is 8.31. The molecule has 0 radical (unpaired) electrons. The minimum absolute atomic E-state index is 0.201. The maximum absolute atomic E-state index is 12.7. The topological polar surface area (TPSA) is 17.4 Å². The third kappa shape index (κ3) is 3.20. The predicted octanol–water partition coefficient (Wildman–Crippen LogP) is 5.03. The van der Waals surface area contributed by atoms with Crippen molar-refractivity contribution in [2.24, 2.45) is 0 Å². The molecule has 1 aliphatic rings. The van der Waals surface area contributed by atoms with E-state index in [1.54, 1.807) is 4.57 Å². The van der Waals surface area contributed by atoms with E-state index in [9.17, 15) is 13.2 Å². The number of anilines is 1. The van der Waals surface area contributed by atoms with Crippen molar-refractivity contribution < 1.29 is 17.9 Å². The molecule has 2 aromatic carbocycles. The van der Waals surface area contributed by atoms with Crippen LogP contribution in [0.3, 0.4) is 0 Å². The molecule has 1 fully saturated rings. The summed E-state index contributed by atoms with van der Waals surface area (Å²) in [4.78, 5) is 2.17. The molecule has 4 rings (SSSR count). The van der Waals surface area contributed by atoms with Gasteiger partial charge in [0.1, 0.15) is 0 Å². The molecule has 0 bridgehead atoms. The maximum Gasteiger partial charge on any atom is 0.416 e. The van der Waals surface area contributed by atoms with Crippen molar-refractivity contribution in [3.05, 3.63) is 84.2 Å². The number of nitrogens with zero attached hydrogens (tertiary/aromatic N) is 2. The molecule has 0 aliphatic carbocycles. The van der Waals surface area contributed by atoms with Crippen LogP contribution in [0.1, 0.15) is 17.4 Å². The van der Waals surface area contributed by atoms with Crippen LogP contribution in [-0.2, 0) is 10.9 Å². The van der Waals surface area contributed by atoms with Gasteiger partial charge in [-0.05, 0) is 42.5 Å². The van der Waals surface area contributed by atoms with Crippen LogP contribution < -0.4 is 4.90 Å². The van der Waals surface area contributed by atoms with Gasteiger partial charge >= 0.3 is 6.18 Å². The third-order valence-corrected chi connectivity index (χ3v) is 4.47. The number of para-hydroxylation sites is 1. The lowest BCUT2D eigenvalue weighted by Crippen LogP contribution is -2.22. The lowest BCUT2D eigenvalue weighted by Gasteiger charge is -2.24. The number of hydrogen-bond acceptors (Lipinski definition) is 2. The Morgan fingerprint density at radius 1 is 0.885 bits per heavy atom. The number of halogens is 3. The van der Waals surface area contributed by atoms with Crippen LogP contribution in [0, 0.1) is 0 Å². The highest BCUT2D eigenvalue weighted by molar-refractivity contribution is 5.49. The average molecular weight is 358 g/mol. The summed E-state index contributed by atoms with van der Waals surface area (Å²) >= 11 is 0. The van der Waals surface area contributed by atoms with Gasteiger partial charge < -0.3 is 14.2 Å². The van der Waals surface area contributed by atoms with Crippen LogP contribution in [0.5, 0.6) is 0 Å². The van der Waals surface area contributed by atoms with Crippen LogP contribution in [0.2, 0.25) is 0 Å². The molecule has 1 atom stereocenters. The Balaban J connectivity index is 1.58. The highest BCUT2D eigenvalue weighted by Crippen LogP contribution is 2.33. The number of hydrogen-bond donors (Lipinski definition) is 0. The zero-order chi connectivity index (χ0) is 18.1. The maximum atomic E-state index is 12.7. The van der Waals surface area contributed by atoms with Crippen LogP contribution in [0.25, 0.3) is 5.69 Å². The average Bonchev–Trinajstić information content (AvgIpc) is 3.31. The fraction of sp³-hybridized carbons (Fsp3) is 0.200. The summed E-state index contributed by atoms with van der Waals surface area (Å²) in [6.07, 6.45) is -0.793. The Bertz CT molecular complexity index is 872. The van der Waals surface area contributed by atoms with E-state index in [1.165, 1.54) is 12.1 Å². The van der Waals surface area contributed by atoms with Crippen molar-refractivity contribution in [2.45, 2.75) is 12.4 Å². The number of rotatable bonds is 3. The Kier molecular flexibility index (Phi) is 4.20.